The van der Waals surface area contributed by atoms with Gasteiger partial charge in [0.15, 0.2) is 0 Å². The topological polar surface area (TPSA) is 161 Å². The molecule has 108 heavy (non-hydrogen) atoms. The highest BCUT2D eigenvalue weighted by atomic mass is 35.5. The number of carbonyl (C=O) groups is 6. The van der Waals surface area contributed by atoms with Crippen LogP contribution in [0.25, 0.3) is 0 Å². The standard InChI is InChI=1S/2C29H38Cl2N4O2.C27H36ClN3O2S/c1-21(36)33-15-13-32(14-16-33)20-27(37)35-18-17-34(19-26(35)29(2,3)4)28(22-5-9-24(30)10-6-22)23-7-11-25(31)12-8-23;1-29(2,3)25-19-34(16-17-35(25)26(36)18-20-12-14-33(15-13-20)28(32)37)27(21-4-8-23(30)9-5-21)22-6-10-24(31)11-7-22;1-19(2)25-17-30(27(23-10-15-34-18-23)22-4-6-24(28)7-5-22)13-14-31(25)26(33)16-21-8-11-29(12-9-21)20(3)32/h5-12,26,28H,13-20H2,1-4H3;4-11,20,25,27H,12-19H2,1-3H3,(H2,32,37);4-7,10,15,18-19,21,25,27H,8-9,11-14,16-17H2,1-3H3/t26-;25-;25-,27?/m111/s1. The van der Waals surface area contributed by atoms with Gasteiger partial charge in [-0.1, -0.05) is 174 Å². The number of likely N-dealkylation sites (tertiary alicyclic amines) is 2. The highest BCUT2D eigenvalue weighted by Gasteiger charge is 2.44. The summed E-state index contributed by atoms with van der Waals surface area (Å²) in [4.78, 5) is 96.8. The van der Waals surface area contributed by atoms with Gasteiger partial charge in [-0.25, -0.2) is 4.79 Å². The lowest BCUT2D eigenvalue weighted by molar-refractivity contribution is -0.142. The molecule has 17 nitrogen and oxygen atoms in total. The van der Waals surface area contributed by atoms with E-state index in [1.165, 1.54) is 33.4 Å². The zero-order valence-electron chi connectivity index (χ0n) is 64.7. The van der Waals surface area contributed by atoms with Gasteiger partial charge in [0.1, 0.15) is 0 Å². The maximum absolute atomic E-state index is 13.6. The number of piperidine rings is 2. The number of nitrogens with two attached hydrogens (primary N) is 1. The molecule has 0 spiro atoms. The molecule has 7 heterocycles. The van der Waals surface area contributed by atoms with Crippen LogP contribution in [0.5, 0.6) is 0 Å². The van der Waals surface area contributed by atoms with Gasteiger partial charge < -0.3 is 35.1 Å². The Kier molecular flexibility index (Phi) is 29.8. The zero-order chi connectivity index (χ0) is 77.7. The van der Waals surface area contributed by atoms with Crippen LogP contribution in [0.1, 0.15) is 159 Å². The van der Waals surface area contributed by atoms with Crippen molar-refractivity contribution in [2.24, 2.45) is 34.3 Å². The van der Waals surface area contributed by atoms with Gasteiger partial charge in [-0.15, -0.1) is 0 Å². The van der Waals surface area contributed by atoms with Crippen LogP contribution < -0.4 is 5.73 Å². The summed E-state index contributed by atoms with van der Waals surface area (Å²) in [5, 5.41) is 7.96. The summed E-state index contributed by atoms with van der Waals surface area (Å²) < 4.78 is 0. The first kappa shape index (κ1) is 84.2. The smallest absolute Gasteiger partial charge is 0.314 e. The number of urea groups is 1. The van der Waals surface area contributed by atoms with Crippen molar-refractivity contribution in [2.45, 2.75) is 144 Å². The van der Waals surface area contributed by atoms with E-state index in [9.17, 15) is 28.8 Å². The minimum atomic E-state index is -0.371. The van der Waals surface area contributed by atoms with Crippen LogP contribution in [0.15, 0.2) is 138 Å². The van der Waals surface area contributed by atoms with E-state index >= 15 is 0 Å². The molecule has 12 rings (SSSR count). The molecule has 6 aromatic rings. The van der Waals surface area contributed by atoms with Crippen LogP contribution in [-0.2, 0) is 24.0 Å². The van der Waals surface area contributed by atoms with Crippen LogP contribution in [-0.4, -0.2) is 220 Å². The molecule has 23 heteroatoms. The minimum Gasteiger partial charge on any atom is -0.351 e. The number of primary amides is 1. The van der Waals surface area contributed by atoms with Crippen molar-refractivity contribution in [3.8, 4) is 0 Å². The normalized spacial score (nSPS) is 20.3. The van der Waals surface area contributed by atoms with Gasteiger partial charge in [0, 0.05) is 181 Å². The van der Waals surface area contributed by atoms with E-state index in [0.717, 1.165) is 103 Å². The van der Waals surface area contributed by atoms with Crippen molar-refractivity contribution in [1.82, 2.24) is 49.0 Å². The molecule has 7 amide bonds. The van der Waals surface area contributed by atoms with Crippen molar-refractivity contribution in [2.75, 3.05) is 118 Å². The summed E-state index contributed by atoms with van der Waals surface area (Å²) >= 11 is 32.7. The predicted molar refractivity (Wildman–Crippen MR) is 439 cm³/mol. The molecule has 584 valence electrons. The Labute approximate surface area is 670 Å². The Morgan fingerprint density at radius 2 is 0.731 bits per heavy atom. The first-order chi connectivity index (χ1) is 51.4. The van der Waals surface area contributed by atoms with Gasteiger partial charge >= 0.3 is 6.03 Å². The molecule has 5 aromatic carbocycles. The number of thiophene rings is 1. The number of hydrogen-bond donors (Lipinski definition) is 1. The Morgan fingerprint density at radius 3 is 1.06 bits per heavy atom. The molecule has 6 aliphatic rings. The Morgan fingerprint density at radius 1 is 0.407 bits per heavy atom. The van der Waals surface area contributed by atoms with Gasteiger partial charge in [0.2, 0.25) is 29.5 Å². The van der Waals surface area contributed by atoms with Gasteiger partial charge in [-0.3, -0.25) is 43.6 Å². The van der Waals surface area contributed by atoms with Crippen molar-refractivity contribution >= 4 is 105 Å². The Hall–Kier alpha value is -6.29. The van der Waals surface area contributed by atoms with E-state index in [2.05, 4.69) is 167 Å². The third-order valence-electron chi connectivity index (χ3n) is 23.0. The van der Waals surface area contributed by atoms with Crippen molar-refractivity contribution in [1.29, 1.82) is 0 Å². The van der Waals surface area contributed by atoms with E-state index < -0.39 is 0 Å². The van der Waals surface area contributed by atoms with Crippen LogP contribution in [0.4, 0.5) is 4.79 Å². The predicted octanol–water partition coefficient (Wildman–Crippen LogP) is 15.9. The summed E-state index contributed by atoms with van der Waals surface area (Å²) in [5.41, 5.74) is 12.5. The number of rotatable bonds is 16. The molecule has 1 unspecified atom stereocenters. The van der Waals surface area contributed by atoms with Gasteiger partial charge in [-0.05, 0) is 165 Å². The fraction of sp³-hybridized carbons (Fsp3) is 0.529. The lowest BCUT2D eigenvalue weighted by Crippen LogP contribution is -2.62. The number of hydrogen-bond acceptors (Lipinski definition) is 11. The van der Waals surface area contributed by atoms with E-state index in [0.29, 0.717) is 90.6 Å². The molecule has 0 radical (unpaired) electrons. The Balaban J connectivity index is 0.000000173. The fourth-order valence-electron chi connectivity index (χ4n) is 16.6. The number of halogens is 5. The minimum absolute atomic E-state index is 0.0368. The second-order valence-corrected chi connectivity index (χ2v) is 35.7. The molecule has 0 bridgehead atoms. The average molecular weight is 1590 g/mol. The van der Waals surface area contributed by atoms with Crippen LogP contribution >= 0.6 is 69.3 Å². The van der Waals surface area contributed by atoms with Gasteiger partial charge in [0.05, 0.1) is 24.7 Å². The number of benzene rings is 5. The van der Waals surface area contributed by atoms with E-state index in [4.69, 9.17) is 63.7 Å². The van der Waals surface area contributed by atoms with Gasteiger partial charge in [0.25, 0.3) is 0 Å². The number of piperazine rings is 4. The van der Waals surface area contributed by atoms with Crippen molar-refractivity contribution < 1.29 is 28.8 Å². The SMILES string of the molecule is CC(=O)N1CCC(CC(=O)N2CCN(C(c3ccc(Cl)cc3)c3ccsc3)C[C@@H]2C(C)C)CC1.CC(=O)N1CCN(CC(=O)N2CCN(C(c3ccc(Cl)cc3)c3ccc(Cl)cc3)C[C@@H]2C(C)(C)C)CC1.CC(C)(C)[C@H]1CN(C(c2ccc(Cl)cc2)c2ccc(Cl)cc2)CCN1C(=O)CC1CCN(C(N)=O)CC1. The van der Waals surface area contributed by atoms with Gasteiger partial charge in [-0.2, -0.15) is 11.3 Å². The third kappa shape index (κ3) is 22.5. The molecule has 1 aromatic heterocycles. The molecule has 2 N–H and O–H groups in total. The number of amides is 7. The molecular formula is C85H112Cl5N11O6S. The van der Waals surface area contributed by atoms with Crippen molar-refractivity contribution in [3.63, 3.8) is 0 Å². The quantitative estimate of drug-likeness (QED) is 0.0987. The van der Waals surface area contributed by atoms with Crippen LogP contribution in [0.3, 0.4) is 0 Å². The van der Waals surface area contributed by atoms with Crippen LogP contribution in [0.2, 0.25) is 25.1 Å². The first-order valence-electron chi connectivity index (χ1n) is 38.6. The molecule has 0 saturated carbocycles. The summed E-state index contributed by atoms with van der Waals surface area (Å²) in [5.74, 6) is 1.95. The molecule has 6 aliphatic heterocycles. The molecule has 6 fully saturated rings. The average Bonchev–Trinajstić information content (AvgIpc) is 0.897. The largest absolute Gasteiger partial charge is 0.351 e. The molecule has 6 saturated heterocycles. The lowest BCUT2D eigenvalue weighted by atomic mass is 9.82. The summed E-state index contributed by atoms with van der Waals surface area (Å²) in [7, 11) is 0. The molecule has 0 aliphatic carbocycles. The maximum Gasteiger partial charge on any atom is 0.314 e. The highest BCUT2D eigenvalue weighted by Crippen LogP contribution is 2.41. The molecule has 4 atom stereocenters. The van der Waals surface area contributed by atoms with E-state index in [1.54, 1.807) is 30.1 Å². The summed E-state index contributed by atoms with van der Waals surface area (Å²) in [6.07, 6.45) is 4.62. The van der Waals surface area contributed by atoms with E-state index in [1.807, 2.05) is 70.5 Å². The first-order valence-corrected chi connectivity index (χ1v) is 41.4. The highest BCUT2D eigenvalue weighted by molar-refractivity contribution is 7.08. The lowest BCUT2D eigenvalue weighted by Gasteiger charge is -2.50. The monoisotopic (exact) mass is 1590 g/mol. The number of nitrogens with zero attached hydrogens (tertiary/aromatic N) is 10. The zero-order valence-corrected chi connectivity index (χ0v) is 69.3. The van der Waals surface area contributed by atoms with E-state index in [-0.39, 0.29) is 88.6 Å². The second kappa shape index (κ2) is 38.3. The second-order valence-electron chi connectivity index (χ2n) is 32.8. The number of carbonyl (C=O) groups excluding carboxylic acids is 6. The Bertz CT molecular complexity index is 3650. The molecular weight excluding hydrogens is 1480 g/mol. The third-order valence-corrected chi connectivity index (χ3v) is 24.9. The summed E-state index contributed by atoms with van der Waals surface area (Å²) in [6, 6.07) is 42.8. The summed E-state index contributed by atoms with van der Waals surface area (Å²) in [6.45, 7) is 33.9. The van der Waals surface area contributed by atoms with Crippen LogP contribution in [0, 0.1) is 28.6 Å². The van der Waals surface area contributed by atoms with Crippen molar-refractivity contribution in [3.05, 3.63) is 197 Å². The fourth-order valence-corrected chi connectivity index (χ4v) is 18.0. The maximum atomic E-state index is 13.6.